The van der Waals surface area contributed by atoms with Crippen LogP contribution in [0, 0.1) is 5.41 Å². The Morgan fingerprint density at radius 1 is 1.06 bits per heavy atom. The number of hydrogen-bond acceptors (Lipinski definition) is 4. The van der Waals surface area contributed by atoms with Crippen LogP contribution in [-0.2, 0) is 10.0 Å². The standard InChI is InChI=1S/C22H23Cl2N3O3S/c23-17-4-5-19(21-20(17)18(24)11-26-21)27-31(28,29)16-3-1-2-15(10-16)30-14-6-8-22(9-7-14)12-25-13-22/h1-5,10-11,14,25-27H,6-9,12-13H2. The van der Waals surface area contributed by atoms with Crippen LogP contribution >= 0.6 is 23.2 Å². The molecule has 0 atom stereocenters. The smallest absolute Gasteiger partial charge is 0.262 e. The van der Waals surface area contributed by atoms with Crippen LogP contribution in [0.3, 0.4) is 0 Å². The average Bonchev–Trinajstić information content (AvgIpc) is 3.13. The lowest BCUT2D eigenvalue weighted by molar-refractivity contribution is 0.0420. The summed E-state index contributed by atoms with van der Waals surface area (Å²) in [5, 5.41) is 4.83. The first-order chi connectivity index (χ1) is 14.9. The van der Waals surface area contributed by atoms with Crippen LogP contribution in [0.4, 0.5) is 5.69 Å². The van der Waals surface area contributed by atoms with Gasteiger partial charge in [0, 0.05) is 30.7 Å². The SMILES string of the molecule is O=S(=O)(Nc1ccc(Cl)c2c(Cl)c[nH]c12)c1cccc(OC2CCC3(CC2)CNC3)c1. The lowest BCUT2D eigenvalue weighted by Crippen LogP contribution is -2.55. The lowest BCUT2D eigenvalue weighted by atomic mass is 9.69. The minimum Gasteiger partial charge on any atom is -0.490 e. The zero-order valence-electron chi connectivity index (χ0n) is 16.8. The highest BCUT2D eigenvalue weighted by Gasteiger charge is 2.40. The topological polar surface area (TPSA) is 83.2 Å². The molecule has 9 heteroatoms. The maximum atomic E-state index is 13.1. The predicted octanol–water partition coefficient (Wildman–Crippen LogP) is 5.19. The number of H-pyrrole nitrogens is 1. The number of aromatic nitrogens is 1. The Morgan fingerprint density at radius 2 is 1.84 bits per heavy atom. The normalized spacial score (nSPS) is 18.8. The van der Waals surface area contributed by atoms with Gasteiger partial charge in [0.25, 0.3) is 10.0 Å². The highest BCUT2D eigenvalue weighted by Crippen LogP contribution is 2.40. The van der Waals surface area contributed by atoms with E-state index in [1.807, 2.05) is 0 Å². The Kier molecular flexibility index (Phi) is 5.33. The molecule has 1 aromatic heterocycles. The monoisotopic (exact) mass is 479 g/mol. The van der Waals surface area contributed by atoms with E-state index in [0.717, 1.165) is 38.8 Å². The molecule has 6 nitrogen and oxygen atoms in total. The van der Waals surface area contributed by atoms with E-state index in [2.05, 4.69) is 15.0 Å². The molecule has 1 aliphatic heterocycles. The Hall–Kier alpha value is -1.93. The first-order valence-electron chi connectivity index (χ1n) is 10.3. The van der Waals surface area contributed by atoms with Crippen molar-refractivity contribution in [3.8, 4) is 5.75 Å². The van der Waals surface area contributed by atoms with E-state index in [0.29, 0.717) is 37.8 Å². The zero-order valence-corrected chi connectivity index (χ0v) is 19.1. The third-order valence-corrected chi connectivity index (χ3v) is 8.37. The van der Waals surface area contributed by atoms with E-state index in [-0.39, 0.29) is 11.0 Å². The Balaban J connectivity index is 1.34. The molecule has 1 spiro atoms. The summed E-state index contributed by atoms with van der Waals surface area (Å²) in [6.07, 6.45) is 5.98. The van der Waals surface area contributed by atoms with Gasteiger partial charge in [-0.3, -0.25) is 4.72 Å². The van der Waals surface area contributed by atoms with Crippen molar-refractivity contribution in [2.75, 3.05) is 17.8 Å². The number of anilines is 1. The van der Waals surface area contributed by atoms with Gasteiger partial charge in [0.05, 0.1) is 32.2 Å². The van der Waals surface area contributed by atoms with Gasteiger partial charge in [-0.15, -0.1) is 0 Å². The number of aromatic amines is 1. The number of nitrogens with one attached hydrogen (secondary N) is 3. The van der Waals surface area contributed by atoms with Crippen LogP contribution < -0.4 is 14.8 Å². The van der Waals surface area contributed by atoms with Gasteiger partial charge in [-0.2, -0.15) is 0 Å². The fraction of sp³-hybridized carbons (Fsp3) is 0.364. The van der Waals surface area contributed by atoms with Crippen molar-refractivity contribution in [3.05, 3.63) is 52.6 Å². The second-order valence-corrected chi connectivity index (χ2v) is 11.0. The van der Waals surface area contributed by atoms with Gasteiger partial charge < -0.3 is 15.0 Å². The van der Waals surface area contributed by atoms with Gasteiger partial charge in [0.1, 0.15) is 5.75 Å². The van der Waals surface area contributed by atoms with Gasteiger partial charge in [0.15, 0.2) is 0 Å². The number of hydrogen-bond donors (Lipinski definition) is 3. The molecule has 2 fully saturated rings. The highest BCUT2D eigenvalue weighted by atomic mass is 35.5. The molecule has 2 aromatic carbocycles. The summed E-state index contributed by atoms with van der Waals surface area (Å²) in [4.78, 5) is 3.12. The maximum absolute atomic E-state index is 13.1. The van der Waals surface area contributed by atoms with E-state index in [1.165, 1.54) is 0 Å². The molecule has 3 aromatic rings. The second kappa shape index (κ2) is 7.89. The van der Waals surface area contributed by atoms with Crippen molar-refractivity contribution < 1.29 is 13.2 Å². The minimum atomic E-state index is -3.83. The van der Waals surface area contributed by atoms with Crippen LogP contribution in [0.15, 0.2) is 47.5 Å². The van der Waals surface area contributed by atoms with Gasteiger partial charge in [-0.1, -0.05) is 29.3 Å². The number of sulfonamides is 1. The van der Waals surface area contributed by atoms with Gasteiger partial charge in [0.2, 0.25) is 0 Å². The zero-order chi connectivity index (χ0) is 21.6. The van der Waals surface area contributed by atoms with E-state index in [1.54, 1.807) is 42.6 Å². The minimum absolute atomic E-state index is 0.120. The lowest BCUT2D eigenvalue weighted by Gasteiger charge is -2.47. The molecule has 0 unspecified atom stereocenters. The number of rotatable bonds is 5. The maximum Gasteiger partial charge on any atom is 0.262 e. The number of fused-ring (bicyclic) bond motifs is 1. The largest absolute Gasteiger partial charge is 0.490 e. The van der Waals surface area contributed by atoms with E-state index >= 15 is 0 Å². The number of halogens is 2. The second-order valence-electron chi connectivity index (χ2n) is 8.48. The van der Waals surface area contributed by atoms with Crippen LogP contribution in [0.2, 0.25) is 10.0 Å². The van der Waals surface area contributed by atoms with Gasteiger partial charge in [-0.25, -0.2) is 8.42 Å². The average molecular weight is 480 g/mol. The summed E-state index contributed by atoms with van der Waals surface area (Å²) in [6, 6.07) is 9.87. The Morgan fingerprint density at radius 3 is 2.55 bits per heavy atom. The molecule has 2 aliphatic rings. The summed E-state index contributed by atoms with van der Waals surface area (Å²) >= 11 is 12.4. The molecule has 3 N–H and O–H groups in total. The molecule has 1 saturated carbocycles. The third-order valence-electron chi connectivity index (χ3n) is 6.39. The molecule has 5 rings (SSSR count). The molecule has 1 saturated heterocycles. The molecule has 0 bridgehead atoms. The molecular formula is C22H23Cl2N3O3S. The summed E-state index contributed by atoms with van der Waals surface area (Å²) in [7, 11) is -3.83. The van der Waals surface area contributed by atoms with Crippen LogP contribution in [0.1, 0.15) is 25.7 Å². The van der Waals surface area contributed by atoms with E-state index < -0.39 is 10.0 Å². The fourth-order valence-corrected chi connectivity index (χ4v) is 6.18. The first kappa shape index (κ1) is 20.9. The number of ether oxygens (including phenoxy) is 1. The van der Waals surface area contributed by atoms with Crippen molar-refractivity contribution in [1.29, 1.82) is 0 Å². The molecular weight excluding hydrogens is 457 g/mol. The van der Waals surface area contributed by atoms with E-state index in [4.69, 9.17) is 27.9 Å². The van der Waals surface area contributed by atoms with Crippen molar-refractivity contribution in [1.82, 2.24) is 10.3 Å². The molecule has 1 aliphatic carbocycles. The summed E-state index contributed by atoms with van der Waals surface area (Å²) in [5.74, 6) is 0.569. The van der Waals surface area contributed by atoms with Gasteiger partial charge >= 0.3 is 0 Å². The summed E-state index contributed by atoms with van der Waals surface area (Å²) in [5.41, 5.74) is 1.37. The Bertz CT molecular complexity index is 1230. The molecule has 164 valence electrons. The van der Waals surface area contributed by atoms with Crippen molar-refractivity contribution in [2.24, 2.45) is 5.41 Å². The van der Waals surface area contributed by atoms with Crippen molar-refractivity contribution in [3.63, 3.8) is 0 Å². The van der Waals surface area contributed by atoms with Crippen molar-refractivity contribution >= 4 is 49.8 Å². The number of benzene rings is 2. The van der Waals surface area contributed by atoms with Crippen LogP contribution in [0.5, 0.6) is 5.75 Å². The third kappa shape index (κ3) is 4.00. The Labute approximate surface area is 191 Å². The van der Waals surface area contributed by atoms with Gasteiger partial charge in [-0.05, 0) is 55.4 Å². The first-order valence-corrected chi connectivity index (χ1v) is 12.5. The molecule has 0 radical (unpaired) electrons. The van der Waals surface area contributed by atoms with Crippen LogP contribution in [0.25, 0.3) is 10.9 Å². The molecule has 31 heavy (non-hydrogen) atoms. The van der Waals surface area contributed by atoms with Crippen LogP contribution in [-0.4, -0.2) is 32.6 Å². The highest BCUT2D eigenvalue weighted by molar-refractivity contribution is 7.92. The van der Waals surface area contributed by atoms with E-state index in [9.17, 15) is 8.42 Å². The fourth-order valence-electron chi connectivity index (χ4n) is 4.52. The molecule has 0 amide bonds. The predicted molar refractivity (Wildman–Crippen MR) is 124 cm³/mol. The summed E-state index contributed by atoms with van der Waals surface area (Å²) < 4.78 is 34.9. The van der Waals surface area contributed by atoms with Crippen molar-refractivity contribution in [2.45, 2.75) is 36.7 Å². The molecule has 2 heterocycles. The quantitative estimate of drug-likeness (QED) is 0.470. The summed E-state index contributed by atoms with van der Waals surface area (Å²) in [6.45, 7) is 2.20.